The van der Waals surface area contributed by atoms with Crippen molar-refractivity contribution in [3.63, 3.8) is 0 Å². The number of aromatic nitrogens is 1. The Morgan fingerprint density at radius 1 is 1.38 bits per heavy atom. The first-order valence-corrected chi connectivity index (χ1v) is 6.39. The third kappa shape index (κ3) is 3.10. The lowest BCUT2D eigenvalue weighted by molar-refractivity contribution is 0.0527. The molecule has 2 rings (SSSR count). The van der Waals surface area contributed by atoms with Gasteiger partial charge in [-0.1, -0.05) is 12.1 Å². The molecule has 110 valence electrons. The SMILES string of the molecule is CCOC(=O)c1ccnc(Oc2cccc(C)c2F)c1N. The van der Waals surface area contributed by atoms with E-state index < -0.39 is 11.8 Å². The normalized spacial score (nSPS) is 10.2. The molecule has 21 heavy (non-hydrogen) atoms. The number of aryl methyl sites for hydroxylation is 1. The molecule has 0 saturated carbocycles. The number of halogens is 1. The first kappa shape index (κ1) is 14.8. The molecule has 0 bridgehead atoms. The molecule has 5 nitrogen and oxygen atoms in total. The van der Waals surface area contributed by atoms with Gasteiger partial charge in [-0.2, -0.15) is 0 Å². The number of anilines is 1. The van der Waals surface area contributed by atoms with E-state index in [2.05, 4.69) is 4.98 Å². The van der Waals surface area contributed by atoms with E-state index in [1.165, 1.54) is 18.3 Å². The molecular formula is C15H15FN2O3. The van der Waals surface area contributed by atoms with Crippen LogP contribution in [0.4, 0.5) is 10.1 Å². The van der Waals surface area contributed by atoms with Crippen molar-refractivity contribution in [2.45, 2.75) is 13.8 Å². The van der Waals surface area contributed by atoms with Gasteiger partial charge in [-0.3, -0.25) is 0 Å². The standard InChI is InChI=1S/C15H15FN2O3/c1-3-20-15(19)10-7-8-18-14(13(10)17)21-11-6-4-5-9(2)12(11)16/h4-8H,3,17H2,1-2H3. The van der Waals surface area contributed by atoms with Crippen molar-refractivity contribution in [2.75, 3.05) is 12.3 Å². The fourth-order valence-corrected chi connectivity index (χ4v) is 1.73. The molecule has 0 fully saturated rings. The molecule has 0 saturated heterocycles. The van der Waals surface area contributed by atoms with Crippen molar-refractivity contribution >= 4 is 11.7 Å². The Bertz CT molecular complexity index is 674. The van der Waals surface area contributed by atoms with E-state index >= 15 is 0 Å². The minimum atomic E-state index is -0.577. The van der Waals surface area contributed by atoms with E-state index in [9.17, 15) is 9.18 Å². The molecule has 2 N–H and O–H groups in total. The van der Waals surface area contributed by atoms with E-state index in [-0.39, 0.29) is 29.5 Å². The third-order valence-corrected chi connectivity index (χ3v) is 2.81. The molecule has 0 unspecified atom stereocenters. The van der Waals surface area contributed by atoms with Gasteiger partial charge in [0.15, 0.2) is 11.6 Å². The molecule has 0 aliphatic rings. The third-order valence-electron chi connectivity index (χ3n) is 2.81. The fraction of sp³-hybridized carbons (Fsp3) is 0.200. The molecule has 0 spiro atoms. The van der Waals surface area contributed by atoms with Gasteiger partial charge >= 0.3 is 5.97 Å². The Hall–Kier alpha value is -2.63. The van der Waals surface area contributed by atoms with Gasteiger partial charge in [0.1, 0.15) is 5.69 Å². The maximum absolute atomic E-state index is 13.9. The number of nitrogens with two attached hydrogens (primary N) is 1. The second-order valence-corrected chi connectivity index (χ2v) is 4.29. The molecule has 0 radical (unpaired) electrons. The average Bonchev–Trinajstić information content (AvgIpc) is 2.46. The summed E-state index contributed by atoms with van der Waals surface area (Å²) >= 11 is 0. The van der Waals surface area contributed by atoms with Gasteiger partial charge in [0.05, 0.1) is 12.2 Å². The maximum atomic E-state index is 13.9. The van der Waals surface area contributed by atoms with Crippen LogP contribution in [0, 0.1) is 12.7 Å². The molecule has 6 heteroatoms. The number of benzene rings is 1. The molecule has 0 aliphatic carbocycles. The molecule has 2 aromatic rings. The van der Waals surface area contributed by atoms with E-state index in [1.807, 2.05) is 0 Å². The molecule has 0 amide bonds. The van der Waals surface area contributed by atoms with E-state index in [1.54, 1.807) is 26.0 Å². The number of pyridine rings is 1. The number of ether oxygens (including phenoxy) is 2. The van der Waals surface area contributed by atoms with Gasteiger partial charge in [0.2, 0.25) is 5.88 Å². The largest absolute Gasteiger partial charge is 0.462 e. The minimum Gasteiger partial charge on any atom is -0.462 e. The van der Waals surface area contributed by atoms with Crippen molar-refractivity contribution in [3.05, 3.63) is 47.4 Å². The predicted molar refractivity (Wildman–Crippen MR) is 75.8 cm³/mol. The van der Waals surface area contributed by atoms with Crippen LogP contribution >= 0.6 is 0 Å². The number of hydrogen-bond acceptors (Lipinski definition) is 5. The van der Waals surface area contributed by atoms with Gasteiger partial charge < -0.3 is 15.2 Å². The molecule has 0 aliphatic heterocycles. The van der Waals surface area contributed by atoms with Crippen molar-refractivity contribution in [3.8, 4) is 11.6 Å². The van der Waals surface area contributed by atoms with E-state index in [4.69, 9.17) is 15.2 Å². The highest BCUT2D eigenvalue weighted by Gasteiger charge is 2.17. The minimum absolute atomic E-state index is 0.00444. The second-order valence-electron chi connectivity index (χ2n) is 4.29. The highest BCUT2D eigenvalue weighted by Crippen LogP contribution is 2.30. The summed E-state index contributed by atoms with van der Waals surface area (Å²) in [4.78, 5) is 15.7. The Balaban J connectivity index is 2.35. The Morgan fingerprint density at radius 3 is 2.86 bits per heavy atom. The van der Waals surface area contributed by atoms with Crippen LogP contribution in [0.25, 0.3) is 0 Å². The summed E-state index contributed by atoms with van der Waals surface area (Å²) in [5, 5.41) is 0. The van der Waals surface area contributed by atoms with Crippen molar-refractivity contribution in [2.24, 2.45) is 0 Å². The second kappa shape index (κ2) is 6.21. The van der Waals surface area contributed by atoms with Crippen molar-refractivity contribution < 1.29 is 18.7 Å². The highest BCUT2D eigenvalue weighted by atomic mass is 19.1. The number of carbonyl (C=O) groups is 1. The monoisotopic (exact) mass is 290 g/mol. The Kier molecular flexibility index (Phi) is 4.37. The van der Waals surface area contributed by atoms with Crippen LogP contribution in [0.3, 0.4) is 0 Å². The summed E-state index contributed by atoms with van der Waals surface area (Å²) in [6.45, 7) is 3.53. The summed E-state index contributed by atoms with van der Waals surface area (Å²) in [7, 11) is 0. The number of rotatable bonds is 4. The van der Waals surface area contributed by atoms with E-state index in [0.717, 1.165) is 0 Å². The number of carbonyl (C=O) groups excluding carboxylic acids is 1. The number of nitrogen functional groups attached to an aromatic ring is 1. The predicted octanol–water partition coefficient (Wildman–Crippen LogP) is 3.08. The van der Waals surface area contributed by atoms with Crippen LogP contribution in [-0.2, 0) is 4.74 Å². The summed E-state index contributed by atoms with van der Waals surface area (Å²) in [5.41, 5.74) is 6.42. The fourth-order valence-electron chi connectivity index (χ4n) is 1.73. The van der Waals surface area contributed by atoms with Crippen molar-refractivity contribution in [1.29, 1.82) is 0 Å². The van der Waals surface area contributed by atoms with Gasteiger partial charge in [0, 0.05) is 6.20 Å². The van der Waals surface area contributed by atoms with Crippen LogP contribution < -0.4 is 10.5 Å². The number of nitrogens with zero attached hydrogens (tertiary/aromatic N) is 1. The van der Waals surface area contributed by atoms with Crippen LogP contribution in [0.5, 0.6) is 11.6 Å². The Morgan fingerprint density at radius 2 is 2.14 bits per heavy atom. The molecule has 1 aromatic carbocycles. The highest BCUT2D eigenvalue weighted by molar-refractivity contribution is 5.96. The van der Waals surface area contributed by atoms with Crippen molar-refractivity contribution in [1.82, 2.24) is 4.98 Å². The van der Waals surface area contributed by atoms with Gasteiger partial charge in [-0.25, -0.2) is 14.2 Å². The summed E-state index contributed by atoms with van der Waals surface area (Å²) in [6, 6.07) is 6.15. The molecular weight excluding hydrogens is 275 g/mol. The van der Waals surface area contributed by atoms with Crippen LogP contribution in [0.2, 0.25) is 0 Å². The van der Waals surface area contributed by atoms with Crippen LogP contribution in [0.15, 0.2) is 30.5 Å². The molecule has 0 atom stereocenters. The summed E-state index contributed by atoms with van der Waals surface area (Å²) in [5.74, 6) is -1.12. The average molecular weight is 290 g/mol. The van der Waals surface area contributed by atoms with Gasteiger partial charge in [-0.15, -0.1) is 0 Å². The topological polar surface area (TPSA) is 74.4 Å². The number of hydrogen-bond donors (Lipinski definition) is 1. The lowest BCUT2D eigenvalue weighted by Gasteiger charge is -2.11. The summed E-state index contributed by atoms with van der Waals surface area (Å²) < 4.78 is 24.2. The smallest absolute Gasteiger partial charge is 0.340 e. The van der Waals surface area contributed by atoms with Gasteiger partial charge in [-0.05, 0) is 31.5 Å². The Labute approximate surface area is 121 Å². The lowest BCUT2D eigenvalue weighted by atomic mass is 10.2. The molecule has 1 heterocycles. The number of esters is 1. The molecule has 1 aromatic heterocycles. The van der Waals surface area contributed by atoms with Crippen LogP contribution in [-0.4, -0.2) is 17.6 Å². The lowest BCUT2D eigenvalue weighted by Crippen LogP contribution is -2.09. The van der Waals surface area contributed by atoms with Crippen LogP contribution in [0.1, 0.15) is 22.8 Å². The maximum Gasteiger partial charge on any atom is 0.340 e. The first-order chi connectivity index (χ1) is 10.0. The zero-order chi connectivity index (χ0) is 15.4. The zero-order valence-corrected chi connectivity index (χ0v) is 11.7. The first-order valence-electron chi connectivity index (χ1n) is 6.39. The summed E-state index contributed by atoms with van der Waals surface area (Å²) in [6.07, 6.45) is 1.35. The zero-order valence-electron chi connectivity index (χ0n) is 11.7. The van der Waals surface area contributed by atoms with E-state index in [0.29, 0.717) is 5.56 Å². The quantitative estimate of drug-likeness (QED) is 0.876. The van der Waals surface area contributed by atoms with Gasteiger partial charge in [0.25, 0.3) is 0 Å².